The van der Waals surface area contributed by atoms with Crippen molar-refractivity contribution >= 4 is 50.0 Å². The van der Waals surface area contributed by atoms with Gasteiger partial charge in [-0.3, -0.25) is 9.59 Å². The molecule has 0 radical (unpaired) electrons. The Morgan fingerprint density at radius 3 is 1.30 bits per heavy atom. The lowest BCUT2D eigenvalue weighted by Gasteiger charge is -2.09. The van der Waals surface area contributed by atoms with E-state index in [4.69, 9.17) is 0 Å². The van der Waals surface area contributed by atoms with Gasteiger partial charge in [-0.15, -0.1) is 0 Å². The number of hydrogen-bond donors (Lipinski definition) is 0. The first-order valence-electron chi connectivity index (χ1n) is 9.86. The molecule has 0 spiro atoms. The van der Waals surface area contributed by atoms with E-state index in [9.17, 15) is 9.59 Å². The smallest absolute Gasteiger partial charge is 0.233 e. The summed E-state index contributed by atoms with van der Waals surface area (Å²) in [6.45, 7) is 0. The Balaban J connectivity index is 0.000000130. The molecule has 142 valence electrons. The molecule has 5 aromatic carbocycles. The van der Waals surface area contributed by atoms with Crippen LogP contribution < -0.4 is 0 Å². The molecule has 30 heavy (non-hydrogen) atoms. The number of hydrogen-bond acceptors (Lipinski definition) is 2. The molecular weight excluding hydrogens is 368 g/mol. The highest BCUT2D eigenvalue weighted by Gasteiger charge is 2.20. The minimum Gasteiger partial charge on any atom is -0.286 e. The van der Waals surface area contributed by atoms with Crippen LogP contribution in [-0.2, 0) is 4.79 Å². The molecule has 6 rings (SSSR count). The van der Waals surface area contributed by atoms with Gasteiger partial charge in [0.15, 0.2) is 0 Å². The summed E-state index contributed by atoms with van der Waals surface area (Å²) in [7, 11) is 0. The first kappa shape index (κ1) is 18.0. The molecular formula is C28H18O2. The summed E-state index contributed by atoms with van der Waals surface area (Å²) in [5.74, 6) is -0.856. The third-order valence-electron chi connectivity index (χ3n) is 5.41. The molecule has 5 aromatic rings. The van der Waals surface area contributed by atoms with Crippen LogP contribution in [0.5, 0.6) is 0 Å². The van der Waals surface area contributed by atoms with Gasteiger partial charge < -0.3 is 0 Å². The van der Waals surface area contributed by atoms with E-state index in [2.05, 4.69) is 60.7 Å². The lowest BCUT2D eigenvalue weighted by Crippen LogP contribution is -2.15. The molecule has 2 nitrogen and oxygen atoms in total. The highest BCUT2D eigenvalue weighted by molar-refractivity contribution is 6.50. The van der Waals surface area contributed by atoms with Crippen LogP contribution in [0.1, 0.15) is 15.9 Å². The molecule has 1 aliphatic carbocycles. The number of rotatable bonds is 0. The van der Waals surface area contributed by atoms with Crippen molar-refractivity contribution in [2.24, 2.45) is 0 Å². The summed E-state index contributed by atoms with van der Waals surface area (Å²) in [5, 5.41) is 7.31. The van der Waals surface area contributed by atoms with Gasteiger partial charge in [-0.05, 0) is 68.2 Å². The molecule has 0 saturated carbocycles. The maximum absolute atomic E-state index is 11.7. The van der Waals surface area contributed by atoms with Crippen molar-refractivity contribution in [3.05, 3.63) is 114 Å². The van der Waals surface area contributed by atoms with Gasteiger partial charge in [0.05, 0.1) is 0 Å². The number of Topliss-reactive ketones (excluding diaryl/α,β-unsaturated/α-hetero) is 1. The number of allylic oxidation sites excluding steroid dienone is 1. The van der Waals surface area contributed by atoms with E-state index in [0.717, 1.165) is 16.3 Å². The van der Waals surface area contributed by atoms with Crippen LogP contribution in [0.15, 0.2) is 103 Å². The predicted octanol–water partition coefficient (Wildman–Crippen LogP) is 6.61. The molecule has 0 amide bonds. The van der Waals surface area contributed by atoms with Crippen molar-refractivity contribution in [2.75, 3.05) is 0 Å². The third kappa shape index (κ3) is 3.29. The van der Waals surface area contributed by atoms with E-state index in [1.165, 1.54) is 27.6 Å². The lowest BCUT2D eigenvalue weighted by molar-refractivity contribution is -0.110. The van der Waals surface area contributed by atoms with Gasteiger partial charge in [0.25, 0.3) is 0 Å². The summed E-state index contributed by atoms with van der Waals surface area (Å²) in [6, 6.07) is 32.9. The largest absolute Gasteiger partial charge is 0.286 e. The average molecular weight is 386 g/mol. The Kier molecular flexibility index (Phi) is 4.45. The fourth-order valence-corrected chi connectivity index (χ4v) is 3.85. The zero-order valence-corrected chi connectivity index (χ0v) is 16.2. The van der Waals surface area contributed by atoms with Gasteiger partial charge in [0, 0.05) is 5.56 Å². The zero-order chi connectivity index (χ0) is 20.5. The molecule has 1 aliphatic rings. The molecule has 0 unspecified atom stereocenters. The van der Waals surface area contributed by atoms with Crippen LogP contribution in [0.4, 0.5) is 0 Å². The summed E-state index contributed by atoms with van der Waals surface area (Å²) < 4.78 is 0. The van der Waals surface area contributed by atoms with Gasteiger partial charge in [0.2, 0.25) is 11.6 Å². The van der Waals surface area contributed by atoms with Crippen molar-refractivity contribution in [3.8, 4) is 0 Å². The highest BCUT2D eigenvalue weighted by atomic mass is 16.2. The molecule has 0 aromatic heterocycles. The minimum atomic E-state index is -0.442. The van der Waals surface area contributed by atoms with E-state index < -0.39 is 11.6 Å². The molecule has 0 bridgehead atoms. The van der Waals surface area contributed by atoms with Crippen LogP contribution in [0.25, 0.3) is 38.4 Å². The van der Waals surface area contributed by atoms with E-state index in [0.29, 0.717) is 5.56 Å². The van der Waals surface area contributed by atoms with Crippen LogP contribution in [0.3, 0.4) is 0 Å². The van der Waals surface area contributed by atoms with E-state index >= 15 is 0 Å². The third-order valence-corrected chi connectivity index (χ3v) is 5.41. The lowest BCUT2D eigenvalue weighted by atomic mass is 9.92. The zero-order valence-electron chi connectivity index (χ0n) is 16.2. The average Bonchev–Trinajstić information content (AvgIpc) is 2.79. The summed E-state index contributed by atoms with van der Waals surface area (Å²) in [6.07, 6.45) is 3.03. The first-order valence-corrected chi connectivity index (χ1v) is 9.86. The van der Waals surface area contributed by atoms with E-state index in [1.807, 2.05) is 30.3 Å². The molecule has 2 heteroatoms. The van der Waals surface area contributed by atoms with Gasteiger partial charge in [0.1, 0.15) is 0 Å². The molecule has 0 saturated heterocycles. The Bertz CT molecular complexity index is 1370. The molecule has 0 aliphatic heterocycles. The second-order valence-corrected chi connectivity index (χ2v) is 7.36. The number of carbonyl (C=O) groups is 2. The van der Waals surface area contributed by atoms with Gasteiger partial charge in [-0.2, -0.15) is 0 Å². The van der Waals surface area contributed by atoms with Gasteiger partial charge in [-0.1, -0.05) is 78.9 Å². The monoisotopic (exact) mass is 386 g/mol. The van der Waals surface area contributed by atoms with E-state index in [-0.39, 0.29) is 0 Å². The van der Waals surface area contributed by atoms with E-state index in [1.54, 1.807) is 12.1 Å². The van der Waals surface area contributed by atoms with Crippen molar-refractivity contribution in [1.29, 1.82) is 0 Å². The Morgan fingerprint density at radius 1 is 0.433 bits per heavy atom. The van der Waals surface area contributed by atoms with Crippen LogP contribution in [-0.4, -0.2) is 11.6 Å². The van der Waals surface area contributed by atoms with Crippen LogP contribution >= 0.6 is 0 Å². The Hall–Kier alpha value is -4.04. The number of benzene rings is 5. The van der Waals surface area contributed by atoms with Crippen molar-refractivity contribution in [2.45, 2.75) is 0 Å². The highest BCUT2D eigenvalue weighted by Crippen LogP contribution is 2.24. The standard InChI is InChI=1S/C14H8O2.C14H10/c15-13-6-5-11-7-9-3-1-2-4-10(9)8-12(11)14(13)16;1-2-6-12-10-14-8-4-3-7-13(14)9-11(12)5-1/h1-8H;1-10H. The summed E-state index contributed by atoms with van der Waals surface area (Å²) in [4.78, 5) is 22.9. The summed E-state index contributed by atoms with van der Waals surface area (Å²) >= 11 is 0. The topological polar surface area (TPSA) is 34.1 Å². The first-order chi connectivity index (χ1) is 14.7. The van der Waals surface area contributed by atoms with Crippen molar-refractivity contribution in [1.82, 2.24) is 0 Å². The maximum Gasteiger partial charge on any atom is 0.233 e. The van der Waals surface area contributed by atoms with Crippen molar-refractivity contribution < 1.29 is 9.59 Å². The van der Waals surface area contributed by atoms with Crippen LogP contribution in [0, 0.1) is 0 Å². The number of fused-ring (bicyclic) bond motifs is 4. The Morgan fingerprint density at radius 2 is 0.833 bits per heavy atom. The second kappa shape index (κ2) is 7.41. The molecule has 0 heterocycles. The number of carbonyl (C=O) groups excluding carboxylic acids is 2. The summed E-state index contributed by atoms with van der Waals surface area (Å²) in [5.41, 5.74) is 1.33. The SMILES string of the molecule is O=C1C=Cc2cc3ccccc3cc2C1=O.c1ccc2cc3ccccc3cc2c1. The minimum absolute atomic E-state index is 0.414. The molecule has 0 N–H and O–H groups in total. The Labute approximate surface area is 174 Å². The molecule has 0 fully saturated rings. The van der Waals surface area contributed by atoms with Crippen molar-refractivity contribution in [3.63, 3.8) is 0 Å². The quantitative estimate of drug-likeness (QED) is 0.222. The molecule has 0 atom stereocenters. The van der Waals surface area contributed by atoms with Crippen LogP contribution in [0.2, 0.25) is 0 Å². The fourth-order valence-electron chi connectivity index (χ4n) is 3.85. The second-order valence-electron chi connectivity index (χ2n) is 7.36. The normalized spacial score (nSPS) is 12.7. The van der Waals surface area contributed by atoms with Gasteiger partial charge >= 0.3 is 0 Å². The fraction of sp³-hybridized carbons (Fsp3) is 0. The van der Waals surface area contributed by atoms with Gasteiger partial charge in [-0.25, -0.2) is 0 Å². The predicted molar refractivity (Wildman–Crippen MR) is 124 cm³/mol. The number of ketones is 2. The maximum atomic E-state index is 11.7.